The number of alkyl halides is 3. The van der Waals surface area contributed by atoms with Crippen molar-refractivity contribution >= 4 is 11.8 Å². The van der Waals surface area contributed by atoms with Crippen LogP contribution in [0.2, 0.25) is 0 Å². The van der Waals surface area contributed by atoms with Gasteiger partial charge in [0.1, 0.15) is 0 Å². The summed E-state index contributed by atoms with van der Waals surface area (Å²) in [6, 6.07) is 1.24. The molecule has 1 atom stereocenters. The third-order valence-electron chi connectivity index (χ3n) is 2.51. The van der Waals surface area contributed by atoms with Gasteiger partial charge in [-0.05, 0) is 12.8 Å². The van der Waals surface area contributed by atoms with Crippen molar-refractivity contribution in [2.75, 3.05) is 5.75 Å². The first-order chi connectivity index (χ1) is 8.43. The fourth-order valence-electron chi connectivity index (χ4n) is 1.41. The number of thioether (sulfide) groups is 1. The minimum Gasteiger partial charge on any atom is -0.267 e. The molecule has 0 spiro atoms. The summed E-state index contributed by atoms with van der Waals surface area (Å²) in [6.07, 6.45) is -2.90. The van der Waals surface area contributed by atoms with Gasteiger partial charge >= 0.3 is 11.9 Å². The van der Waals surface area contributed by atoms with Crippen LogP contribution in [0.1, 0.15) is 18.9 Å². The molecule has 1 aliphatic rings. The summed E-state index contributed by atoms with van der Waals surface area (Å²) in [7, 11) is 0. The van der Waals surface area contributed by atoms with Crippen molar-refractivity contribution in [1.29, 1.82) is 5.26 Å². The van der Waals surface area contributed by atoms with E-state index in [9.17, 15) is 18.0 Å². The van der Waals surface area contributed by atoms with Gasteiger partial charge in [-0.15, -0.1) is 5.10 Å². The van der Waals surface area contributed by atoms with E-state index < -0.39 is 23.5 Å². The van der Waals surface area contributed by atoms with Crippen molar-refractivity contribution in [3.63, 3.8) is 0 Å². The lowest BCUT2D eigenvalue weighted by molar-refractivity contribution is -0.152. The van der Waals surface area contributed by atoms with E-state index in [4.69, 9.17) is 5.26 Å². The number of rotatable bonds is 4. The molecule has 9 heteroatoms. The number of nitriles is 1. The van der Waals surface area contributed by atoms with Crippen molar-refractivity contribution in [2.24, 2.45) is 5.92 Å². The van der Waals surface area contributed by atoms with Crippen molar-refractivity contribution in [3.8, 4) is 6.07 Å². The average molecular weight is 278 g/mol. The maximum Gasteiger partial charge on any atom is 0.405 e. The first kappa shape index (κ1) is 13.0. The molecule has 0 aliphatic heterocycles. The quantitative estimate of drug-likeness (QED) is 0.851. The lowest BCUT2D eigenvalue weighted by Crippen LogP contribution is -2.24. The smallest absolute Gasteiger partial charge is 0.267 e. The zero-order valence-corrected chi connectivity index (χ0v) is 9.88. The van der Waals surface area contributed by atoms with Crippen LogP contribution in [0.3, 0.4) is 0 Å². The third-order valence-corrected chi connectivity index (χ3v) is 3.56. The summed E-state index contributed by atoms with van der Waals surface area (Å²) in [5.41, 5.74) is -0.416. The van der Waals surface area contributed by atoms with E-state index in [0.29, 0.717) is 0 Å². The SMILES string of the molecule is N#CC(CSc1n[nH]c(=O)n1C1CC1)C(F)(F)F. The number of halogens is 3. The zero-order valence-electron chi connectivity index (χ0n) is 9.07. The van der Waals surface area contributed by atoms with Crippen LogP contribution in [0.5, 0.6) is 0 Å². The summed E-state index contributed by atoms with van der Waals surface area (Å²) in [4.78, 5) is 11.4. The van der Waals surface area contributed by atoms with Gasteiger partial charge < -0.3 is 0 Å². The Morgan fingerprint density at radius 3 is 2.78 bits per heavy atom. The van der Waals surface area contributed by atoms with E-state index >= 15 is 0 Å². The van der Waals surface area contributed by atoms with E-state index in [2.05, 4.69) is 10.2 Å². The largest absolute Gasteiger partial charge is 0.405 e. The molecule has 1 aliphatic carbocycles. The lowest BCUT2D eigenvalue weighted by atomic mass is 10.2. The summed E-state index contributed by atoms with van der Waals surface area (Å²) >= 11 is 0.774. The van der Waals surface area contributed by atoms with Crippen LogP contribution in [-0.4, -0.2) is 26.7 Å². The van der Waals surface area contributed by atoms with E-state index in [1.807, 2.05) is 0 Å². The summed E-state index contributed by atoms with van der Waals surface area (Å²) in [5.74, 6) is -2.52. The molecular weight excluding hydrogens is 269 g/mol. The summed E-state index contributed by atoms with van der Waals surface area (Å²) in [6.45, 7) is 0. The topological polar surface area (TPSA) is 74.5 Å². The second-order valence-electron chi connectivity index (χ2n) is 3.95. The molecule has 1 unspecified atom stereocenters. The molecule has 0 saturated heterocycles. The molecule has 0 aromatic carbocycles. The first-order valence-electron chi connectivity index (χ1n) is 5.19. The minimum atomic E-state index is -4.55. The highest BCUT2D eigenvalue weighted by Crippen LogP contribution is 2.37. The highest BCUT2D eigenvalue weighted by molar-refractivity contribution is 7.99. The predicted octanol–water partition coefficient (Wildman–Crippen LogP) is 1.70. The van der Waals surface area contributed by atoms with Gasteiger partial charge in [-0.2, -0.15) is 18.4 Å². The maximum atomic E-state index is 12.4. The second kappa shape index (κ2) is 4.68. The Kier molecular flexibility index (Phi) is 3.38. The molecule has 0 bridgehead atoms. The first-order valence-corrected chi connectivity index (χ1v) is 6.18. The molecule has 5 nitrogen and oxygen atoms in total. The van der Waals surface area contributed by atoms with Crippen LogP contribution in [-0.2, 0) is 0 Å². The average Bonchev–Trinajstić information content (AvgIpc) is 3.03. The van der Waals surface area contributed by atoms with Crippen LogP contribution < -0.4 is 5.69 Å². The third kappa shape index (κ3) is 2.69. The van der Waals surface area contributed by atoms with Crippen LogP contribution in [0, 0.1) is 17.2 Å². The van der Waals surface area contributed by atoms with Gasteiger partial charge in [-0.25, -0.2) is 9.89 Å². The summed E-state index contributed by atoms with van der Waals surface area (Å²) < 4.78 is 38.5. The van der Waals surface area contributed by atoms with E-state index in [1.54, 1.807) is 0 Å². The number of hydrogen-bond acceptors (Lipinski definition) is 4. The van der Waals surface area contributed by atoms with Crippen LogP contribution >= 0.6 is 11.8 Å². The molecule has 0 amide bonds. The van der Waals surface area contributed by atoms with Crippen LogP contribution in [0.25, 0.3) is 0 Å². The highest BCUT2D eigenvalue weighted by atomic mass is 32.2. The normalized spacial score (nSPS) is 17.4. The molecule has 0 radical (unpaired) electrons. The highest BCUT2D eigenvalue weighted by Gasteiger charge is 2.40. The van der Waals surface area contributed by atoms with Gasteiger partial charge in [0.15, 0.2) is 11.1 Å². The van der Waals surface area contributed by atoms with Gasteiger partial charge in [0, 0.05) is 11.8 Å². The van der Waals surface area contributed by atoms with Crippen molar-refractivity contribution in [2.45, 2.75) is 30.2 Å². The molecule has 1 N–H and O–H groups in total. The zero-order chi connectivity index (χ0) is 13.3. The van der Waals surface area contributed by atoms with Crippen molar-refractivity contribution < 1.29 is 13.2 Å². The molecule has 2 rings (SSSR count). The van der Waals surface area contributed by atoms with E-state index in [1.165, 1.54) is 10.6 Å². The fourth-order valence-corrected chi connectivity index (χ4v) is 2.47. The molecule has 1 saturated carbocycles. The Labute approximate surface area is 104 Å². The number of nitrogens with zero attached hydrogens (tertiary/aromatic N) is 3. The lowest BCUT2D eigenvalue weighted by Gasteiger charge is -2.12. The van der Waals surface area contributed by atoms with Gasteiger partial charge in [0.05, 0.1) is 6.07 Å². The predicted molar refractivity (Wildman–Crippen MR) is 57.0 cm³/mol. The Bertz CT molecular complexity index is 525. The number of hydrogen-bond donors (Lipinski definition) is 1. The number of aromatic amines is 1. The molecule has 18 heavy (non-hydrogen) atoms. The summed E-state index contributed by atoms with van der Waals surface area (Å²) in [5, 5.41) is 14.6. The van der Waals surface area contributed by atoms with Crippen LogP contribution in [0.15, 0.2) is 9.95 Å². The number of aromatic nitrogens is 3. The van der Waals surface area contributed by atoms with E-state index in [0.717, 1.165) is 24.6 Å². The Morgan fingerprint density at radius 1 is 1.61 bits per heavy atom. The monoisotopic (exact) mass is 278 g/mol. The second-order valence-corrected chi connectivity index (χ2v) is 4.93. The molecule has 1 aromatic heterocycles. The van der Waals surface area contributed by atoms with Gasteiger partial charge in [0.25, 0.3) is 0 Å². The Balaban J connectivity index is 2.07. The number of H-pyrrole nitrogens is 1. The Morgan fingerprint density at radius 2 is 2.28 bits per heavy atom. The van der Waals surface area contributed by atoms with Crippen molar-refractivity contribution in [1.82, 2.24) is 14.8 Å². The van der Waals surface area contributed by atoms with Gasteiger partial charge in [0.2, 0.25) is 0 Å². The molecular formula is C9H9F3N4OS. The standard InChI is InChI=1S/C9H9F3N4OS/c10-9(11,12)5(3-13)4-18-8-15-14-7(17)16(8)6-1-2-6/h5-6H,1-2,4H2,(H,14,17). The molecule has 98 valence electrons. The van der Waals surface area contributed by atoms with Gasteiger partial charge in [-0.1, -0.05) is 11.8 Å². The van der Waals surface area contributed by atoms with E-state index in [-0.39, 0.29) is 11.2 Å². The van der Waals surface area contributed by atoms with Crippen molar-refractivity contribution in [3.05, 3.63) is 10.5 Å². The van der Waals surface area contributed by atoms with Gasteiger partial charge in [-0.3, -0.25) is 4.57 Å². The molecule has 1 aromatic rings. The minimum absolute atomic E-state index is 0.0326. The van der Waals surface area contributed by atoms with Crippen LogP contribution in [0.4, 0.5) is 13.2 Å². The fraction of sp³-hybridized carbons (Fsp3) is 0.667. The molecule has 1 fully saturated rings. The maximum absolute atomic E-state index is 12.4. The molecule has 1 heterocycles. The Hall–Kier alpha value is -1.43. The number of nitrogens with one attached hydrogen (secondary N) is 1.